The van der Waals surface area contributed by atoms with E-state index in [1.54, 1.807) is 43.3 Å². The molecule has 140 valence electrons. The van der Waals surface area contributed by atoms with E-state index < -0.39 is 15.9 Å². The van der Waals surface area contributed by atoms with Crippen molar-refractivity contribution in [3.63, 3.8) is 0 Å². The highest BCUT2D eigenvalue weighted by atomic mass is 35.5. The molecule has 2 aromatic rings. The second-order valence-electron chi connectivity index (χ2n) is 5.82. The molecule has 8 heteroatoms. The minimum Gasteiger partial charge on any atom is -0.495 e. The van der Waals surface area contributed by atoms with Crippen molar-refractivity contribution >= 4 is 27.5 Å². The summed E-state index contributed by atoms with van der Waals surface area (Å²) in [5.41, 5.74) is 1.65. The van der Waals surface area contributed by atoms with Gasteiger partial charge in [-0.15, -0.1) is 0 Å². The quantitative estimate of drug-likeness (QED) is 0.780. The highest BCUT2D eigenvalue weighted by Gasteiger charge is 2.26. The number of carbonyl (C=O) groups is 1. The molecule has 1 amide bonds. The summed E-state index contributed by atoms with van der Waals surface area (Å²) in [6.45, 7) is 1.78. The van der Waals surface area contributed by atoms with Crippen molar-refractivity contribution in [3.8, 4) is 5.75 Å². The maximum atomic E-state index is 12.8. The molecule has 0 saturated heterocycles. The van der Waals surface area contributed by atoms with Crippen molar-refractivity contribution in [2.75, 3.05) is 20.7 Å². The molecule has 0 radical (unpaired) electrons. The highest BCUT2D eigenvalue weighted by molar-refractivity contribution is 7.89. The fourth-order valence-corrected chi connectivity index (χ4v) is 3.79. The number of halogens is 1. The van der Waals surface area contributed by atoms with E-state index in [9.17, 15) is 13.2 Å². The van der Waals surface area contributed by atoms with Crippen LogP contribution in [0.4, 0.5) is 0 Å². The van der Waals surface area contributed by atoms with Crippen LogP contribution in [0.25, 0.3) is 0 Å². The van der Waals surface area contributed by atoms with E-state index in [1.807, 2.05) is 0 Å². The Morgan fingerprint density at radius 1 is 1.19 bits per heavy atom. The third kappa shape index (κ3) is 4.97. The van der Waals surface area contributed by atoms with Gasteiger partial charge in [-0.25, -0.2) is 8.42 Å². The first-order valence-corrected chi connectivity index (χ1v) is 9.68. The molecule has 2 aromatic carbocycles. The number of amides is 1. The SMILES string of the molecule is COc1ccc(C)cc1S(=O)(=O)N(C)CC(=O)NCc1ccc(Cl)cc1. The molecule has 0 saturated carbocycles. The van der Waals surface area contributed by atoms with Crippen LogP contribution in [0.5, 0.6) is 5.75 Å². The van der Waals surface area contributed by atoms with Crippen LogP contribution in [0.3, 0.4) is 0 Å². The number of aryl methyl sites for hydroxylation is 1. The summed E-state index contributed by atoms with van der Waals surface area (Å²) < 4.78 is 31.7. The Hall–Kier alpha value is -2.09. The van der Waals surface area contributed by atoms with Gasteiger partial charge in [0.2, 0.25) is 15.9 Å². The van der Waals surface area contributed by atoms with Crippen LogP contribution in [0.1, 0.15) is 11.1 Å². The number of hydrogen-bond acceptors (Lipinski definition) is 4. The number of nitrogens with one attached hydrogen (secondary N) is 1. The Morgan fingerprint density at radius 3 is 2.46 bits per heavy atom. The lowest BCUT2D eigenvalue weighted by Crippen LogP contribution is -2.38. The van der Waals surface area contributed by atoms with Crippen LogP contribution in [0.15, 0.2) is 47.4 Å². The first-order valence-electron chi connectivity index (χ1n) is 7.86. The summed E-state index contributed by atoms with van der Waals surface area (Å²) in [4.78, 5) is 12.2. The average molecular weight is 397 g/mol. The van der Waals surface area contributed by atoms with Gasteiger partial charge in [0.15, 0.2) is 0 Å². The molecule has 2 rings (SSSR count). The van der Waals surface area contributed by atoms with Crippen molar-refractivity contribution in [1.29, 1.82) is 0 Å². The predicted molar refractivity (Wildman–Crippen MR) is 101 cm³/mol. The smallest absolute Gasteiger partial charge is 0.246 e. The zero-order valence-electron chi connectivity index (χ0n) is 14.8. The maximum absolute atomic E-state index is 12.8. The second-order valence-corrected chi connectivity index (χ2v) is 8.27. The molecule has 0 aliphatic rings. The molecule has 0 heterocycles. The first-order chi connectivity index (χ1) is 12.2. The van der Waals surface area contributed by atoms with Gasteiger partial charge in [-0.1, -0.05) is 29.8 Å². The third-order valence-corrected chi connectivity index (χ3v) is 5.85. The monoisotopic (exact) mass is 396 g/mol. The Kier molecular flexibility index (Phi) is 6.63. The lowest BCUT2D eigenvalue weighted by Gasteiger charge is -2.19. The molecule has 0 unspecified atom stereocenters. The number of ether oxygens (including phenoxy) is 1. The number of likely N-dealkylation sites (N-methyl/N-ethyl adjacent to an activating group) is 1. The molecule has 0 aliphatic carbocycles. The standard InChI is InChI=1S/C18H21ClN2O4S/c1-13-4-9-16(25-3)17(10-13)26(23,24)21(2)12-18(22)20-11-14-5-7-15(19)8-6-14/h4-10H,11-12H2,1-3H3,(H,20,22). The Balaban J connectivity index is 2.05. The number of sulfonamides is 1. The number of nitrogens with zero attached hydrogens (tertiary/aromatic N) is 1. The number of methoxy groups -OCH3 is 1. The summed E-state index contributed by atoms with van der Waals surface area (Å²) in [7, 11) is -1.09. The van der Waals surface area contributed by atoms with Crippen molar-refractivity contribution < 1.29 is 17.9 Å². The first kappa shape index (κ1) is 20.2. The number of benzene rings is 2. The summed E-state index contributed by atoms with van der Waals surface area (Å²) >= 11 is 5.82. The highest BCUT2D eigenvalue weighted by Crippen LogP contribution is 2.27. The van der Waals surface area contributed by atoms with E-state index in [0.717, 1.165) is 15.4 Å². The number of hydrogen-bond donors (Lipinski definition) is 1. The van der Waals surface area contributed by atoms with Crippen LogP contribution in [-0.2, 0) is 21.4 Å². The third-order valence-electron chi connectivity index (χ3n) is 3.78. The van der Waals surface area contributed by atoms with Gasteiger partial charge in [0, 0.05) is 18.6 Å². The van der Waals surface area contributed by atoms with E-state index >= 15 is 0 Å². The van der Waals surface area contributed by atoms with Gasteiger partial charge in [0.25, 0.3) is 0 Å². The number of rotatable bonds is 7. The molecular formula is C18H21ClN2O4S. The minimum atomic E-state index is -3.86. The van der Waals surface area contributed by atoms with E-state index in [-0.39, 0.29) is 23.7 Å². The summed E-state index contributed by atoms with van der Waals surface area (Å²) in [5, 5.41) is 3.30. The van der Waals surface area contributed by atoms with Crippen LogP contribution in [-0.4, -0.2) is 39.3 Å². The predicted octanol–water partition coefficient (Wildman–Crippen LogP) is 2.59. The Labute approximate surface area is 158 Å². The molecule has 0 aromatic heterocycles. The molecule has 0 spiro atoms. The van der Waals surface area contributed by atoms with Crippen molar-refractivity contribution in [1.82, 2.24) is 9.62 Å². The van der Waals surface area contributed by atoms with E-state index in [2.05, 4.69) is 5.32 Å². The fourth-order valence-electron chi connectivity index (χ4n) is 2.30. The normalized spacial score (nSPS) is 11.4. The summed E-state index contributed by atoms with van der Waals surface area (Å²) in [6, 6.07) is 11.9. The van der Waals surface area contributed by atoms with Gasteiger partial charge >= 0.3 is 0 Å². The molecule has 0 atom stereocenters. The van der Waals surface area contributed by atoms with E-state index in [0.29, 0.717) is 5.02 Å². The van der Waals surface area contributed by atoms with E-state index in [4.69, 9.17) is 16.3 Å². The molecule has 0 aliphatic heterocycles. The van der Waals surface area contributed by atoms with Gasteiger partial charge in [-0.3, -0.25) is 4.79 Å². The minimum absolute atomic E-state index is 0.0352. The molecule has 0 fully saturated rings. The van der Waals surface area contributed by atoms with Crippen LogP contribution in [0, 0.1) is 6.92 Å². The summed E-state index contributed by atoms with van der Waals surface area (Å²) in [6.07, 6.45) is 0. The molecule has 0 bridgehead atoms. The molecule has 6 nitrogen and oxygen atoms in total. The molecule has 1 N–H and O–H groups in total. The fraction of sp³-hybridized carbons (Fsp3) is 0.278. The van der Waals surface area contributed by atoms with Gasteiger partial charge in [0.1, 0.15) is 10.6 Å². The largest absolute Gasteiger partial charge is 0.495 e. The van der Waals surface area contributed by atoms with E-state index in [1.165, 1.54) is 20.2 Å². The topological polar surface area (TPSA) is 75.7 Å². The summed E-state index contributed by atoms with van der Waals surface area (Å²) in [5.74, 6) is -0.165. The van der Waals surface area contributed by atoms with Crippen LogP contribution in [0.2, 0.25) is 5.02 Å². The van der Waals surface area contributed by atoms with Gasteiger partial charge < -0.3 is 10.1 Å². The van der Waals surface area contributed by atoms with Crippen LogP contribution >= 0.6 is 11.6 Å². The van der Waals surface area contributed by atoms with Gasteiger partial charge in [0.05, 0.1) is 13.7 Å². The molecule has 26 heavy (non-hydrogen) atoms. The Bertz CT molecular complexity index is 883. The molecular weight excluding hydrogens is 376 g/mol. The lowest BCUT2D eigenvalue weighted by atomic mass is 10.2. The second kappa shape index (κ2) is 8.53. The van der Waals surface area contributed by atoms with Crippen molar-refractivity contribution in [3.05, 3.63) is 58.6 Å². The average Bonchev–Trinajstić information content (AvgIpc) is 2.61. The zero-order chi connectivity index (χ0) is 19.3. The van der Waals surface area contributed by atoms with Gasteiger partial charge in [-0.05, 0) is 42.3 Å². The number of carbonyl (C=O) groups excluding carboxylic acids is 1. The maximum Gasteiger partial charge on any atom is 0.246 e. The lowest BCUT2D eigenvalue weighted by molar-refractivity contribution is -0.121. The Morgan fingerprint density at radius 2 is 1.85 bits per heavy atom. The van der Waals surface area contributed by atoms with Gasteiger partial charge in [-0.2, -0.15) is 4.31 Å². The van der Waals surface area contributed by atoms with Crippen molar-refractivity contribution in [2.24, 2.45) is 0 Å². The van der Waals surface area contributed by atoms with Crippen LogP contribution < -0.4 is 10.1 Å². The van der Waals surface area contributed by atoms with Crippen molar-refractivity contribution in [2.45, 2.75) is 18.4 Å². The zero-order valence-corrected chi connectivity index (χ0v) is 16.4.